The molecule has 1 aromatic rings. The molecule has 0 N–H and O–H groups in total. The minimum Gasteiger partial charge on any atom is -0.493 e. The molecular weight excluding hydrogens is 190 g/mol. The molecule has 2 rings (SSSR count). The van der Waals surface area contributed by atoms with Gasteiger partial charge in [-0.2, -0.15) is 0 Å². The lowest BCUT2D eigenvalue weighted by atomic mass is 9.80. The zero-order chi connectivity index (χ0) is 11.1. The predicted octanol–water partition coefficient (Wildman–Crippen LogP) is 2.95. The third-order valence-electron chi connectivity index (χ3n) is 3.10. The summed E-state index contributed by atoms with van der Waals surface area (Å²) in [6.07, 6.45) is 1.00. The maximum absolute atomic E-state index is 11.3. The van der Waals surface area contributed by atoms with Crippen molar-refractivity contribution < 1.29 is 9.53 Å². The molecule has 0 bridgehead atoms. The fourth-order valence-corrected chi connectivity index (χ4v) is 1.95. The van der Waals surface area contributed by atoms with Gasteiger partial charge in [0.25, 0.3) is 0 Å². The number of rotatable bonds is 1. The van der Waals surface area contributed by atoms with E-state index < -0.39 is 0 Å². The highest BCUT2D eigenvalue weighted by atomic mass is 16.5. The van der Waals surface area contributed by atoms with Gasteiger partial charge < -0.3 is 4.74 Å². The summed E-state index contributed by atoms with van der Waals surface area (Å²) in [6, 6.07) is 5.71. The Morgan fingerprint density at radius 2 is 2.13 bits per heavy atom. The number of hydrogen-bond acceptors (Lipinski definition) is 2. The van der Waals surface area contributed by atoms with Crippen molar-refractivity contribution in [2.24, 2.45) is 0 Å². The van der Waals surface area contributed by atoms with Crippen LogP contribution in [0.3, 0.4) is 0 Å². The summed E-state index contributed by atoms with van der Waals surface area (Å²) >= 11 is 0. The Bertz CT molecular complexity index is 405. The first-order valence-electron chi connectivity index (χ1n) is 5.29. The van der Waals surface area contributed by atoms with Crippen LogP contribution in [0, 0.1) is 0 Å². The van der Waals surface area contributed by atoms with Gasteiger partial charge in [0.2, 0.25) is 0 Å². The first kappa shape index (κ1) is 10.2. The van der Waals surface area contributed by atoms with Crippen LogP contribution < -0.4 is 4.74 Å². The fourth-order valence-electron chi connectivity index (χ4n) is 1.95. The van der Waals surface area contributed by atoms with Crippen LogP contribution in [0.1, 0.15) is 43.1 Å². The van der Waals surface area contributed by atoms with Gasteiger partial charge in [0, 0.05) is 11.1 Å². The van der Waals surface area contributed by atoms with Crippen molar-refractivity contribution in [3.63, 3.8) is 0 Å². The van der Waals surface area contributed by atoms with Gasteiger partial charge in [-0.25, -0.2) is 0 Å². The molecule has 0 spiro atoms. The Hall–Kier alpha value is -1.31. The Balaban J connectivity index is 2.53. The van der Waals surface area contributed by atoms with Gasteiger partial charge in [-0.1, -0.05) is 13.8 Å². The molecule has 1 heterocycles. The zero-order valence-electron chi connectivity index (χ0n) is 9.46. The average Bonchev–Trinajstić information content (AvgIpc) is 2.17. The topological polar surface area (TPSA) is 26.3 Å². The van der Waals surface area contributed by atoms with E-state index in [1.54, 1.807) is 6.92 Å². The maximum atomic E-state index is 11.3. The highest BCUT2D eigenvalue weighted by Crippen LogP contribution is 2.38. The number of carbonyl (C=O) groups is 1. The number of fused-ring (bicyclic) bond motifs is 1. The third-order valence-corrected chi connectivity index (χ3v) is 3.10. The van der Waals surface area contributed by atoms with Crippen molar-refractivity contribution in [1.82, 2.24) is 0 Å². The van der Waals surface area contributed by atoms with Gasteiger partial charge in [-0.05, 0) is 37.0 Å². The van der Waals surface area contributed by atoms with Crippen LogP contribution in [0.5, 0.6) is 5.75 Å². The molecule has 0 saturated carbocycles. The van der Waals surface area contributed by atoms with E-state index in [1.165, 1.54) is 0 Å². The molecule has 0 unspecified atom stereocenters. The van der Waals surface area contributed by atoms with E-state index in [2.05, 4.69) is 13.8 Å². The molecule has 15 heavy (non-hydrogen) atoms. The molecule has 2 nitrogen and oxygen atoms in total. The van der Waals surface area contributed by atoms with E-state index in [0.29, 0.717) is 0 Å². The van der Waals surface area contributed by atoms with Gasteiger partial charge in [0.15, 0.2) is 5.78 Å². The second-order valence-electron chi connectivity index (χ2n) is 4.75. The number of Topliss-reactive ketones (excluding diaryl/α,β-unsaturated/α-hetero) is 1. The van der Waals surface area contributed by atoms with Crippen molar-refractivity contribution in [2.75, 3.05) is 6.61 Å². The van der Waals surface area contributed by atoms with E-state index in [4.69, 9.17) is 4.74 Å². The Morgan fingerprint density at radius 1 is 1.40 bits per heavy atom. The number of carbonyl (C=O) groups excluding carboxylic acids is 1. The van der Waals surface area contributed by atoms with Crippen molar-refractivity contribution in [3.05, 3.63) is 29.3 Å². The second-order valence-corrected chi connectivity index (χ2v) is 4.75. The molecule has 1 aliphatic heterocycles. The Labute approximate surface area is 90.3 Å². The van der Waals surface area contributed by atoms with Crippen LogP contribution in [-0.4, -0.2) is 12.4 Å². The van der Waals surface area contributed by atoms with E-state index >= 15 is 0 Å². The summed E-state index contributed by atoms with van der Waals surface area (Å²) in [5, 5.41) is 0. The van der Waals surface area contributed by atoms with Crippen LogP contribution in [0.2, 0.25) is 0 Å². The molecule has 0 amide bonds. The third kappa shape index (κ3) is 1.76. The van der Waals surface area contributed by atoms with Crippen molar-refractivity contribution in [1.29, 1.82) is 0 Å². The molecule has 2 heteroatoms. The van der Waals surface area contributed by atoms with Crippen LogP contribution in [0.15, 0.2) is 18.2 Å². The average molecular weight is 206 g/mol. The normalized spacial score (nSPS) is 17.8. The van der Waals surface area contributed by atoms with E-state index in [1.807, 2.05) is 18.2 Å². The van der Waals surface area contributed by atoms with Crippen molar-refractivity contribution in [3.8, 4) is 5.75 Å². The van der Waals surface area contributed by atoms with E-state index in [-0.39, 0.29) is 11.2 Å². The highest BCUT2D eigenvalue weighted by molar-refractivity contribution is 5.94. The number of benzene rings is 1. The Morgan fingerprint density at radius 3 is 2.80 bits per heavy atom. The van der Waals surface area contributed by atoms with Crippen LogP contribution in [-0.2, 0) is 5.41 Å². The lowest BCUT2D eigenvalue weighted by molar-refractivity contribution is 0.101. The summed E-state index contributed by atoms with van der Waals surface area (Å²) in [5.41, 5.74) is 2.03. The number of hydrogen-bond donors (Lipinski definition) is 0. The van der Waals surface area contributed by atoms with E-state index in [9.17, 15) is 4.79 Å². The lowest BCUT2D eigenvalue weighted by Gasteiger charge is -2.32. The highest BCUT2D eigenvalue weighted by Gasteiger charge is 2.28. The largest absolute Gasteiger partial charge is 0.493 e. The van der Waals surface area contributed by atoms with Crippen molar-refractivity contribution >= 4 is 5.78 Å². The van der Waals surface area contributed by atoms with Gasteiger partial charge in [-0.15, -0.1) is 0 Å². The molecule has 0 aromatic heterocycles. The quantitative estimate of drug-likeness (QED) is 0.660. The second kappa shape index (κ2) is 3.37. The first-order chi connectivity index (χ1) is 7.00. The molecule has 0 saturated heterocycles. The van der Waals surface area contributed by atoms with E-state index in [0.717, 1.165) is 29.9 Å². The lowest BCUT2D eigenvalue weighted by Crippen LogP contribution is -2.26. The molecule has 1 aromatic carbocycles. The molecule has 1 aliphatic rings. The van der Waals surface area contributed by atoms with Crippen LogP contribution >= 0.6 is 0 Å². The minimum atomic E-state index is 0.110. The molecular formula is C13H16O2. The smallest absolute Gasteiger partial charge is 0.159 e. The van der Waals surface area contributed by atoms with Crippen LogP contribution in [0.4, 0.5) is 0 Å². The predicted molar refractivity (Wildman–Crippen MR) is 59.6 cm³/mol. The summed E-state index contributed by atoms with van der Waals surface area (Å²) in [4.78, 5) is 11.3. The fraction of sp³-hybridized carbons (Fsp3) is 0.462. The monoisotopic (exact) mass is 206 g/mol. The van der Waals surface area contributed by atoms with Gasteiger partial charge in [0.1, 0.15) is 5.75 Å². The maximum Gasteiger partial charge on any atom is 0.159 e. The molecule has 80 valence electrons. The molecule has 0 atom stereocenters. The van der Waals surface area contributed by atoms with Gasteiger partial charge >= 0.3 is 0 Å². The standard InChI is InChI=1S/C13H16O2/c1-9(14)10-4-5-12-11(8-10)13(2,3)6-7-15-12/h4-5,8H,6-7H2,1-3H3/i9+2. The number of ketones is 1. The molecule has 0 radical (unpaired) electrons. The van der Waals surface area contributed by atoms with Gasteiger partial charge in [-0.3, -0.25) is 4.79 Å². The molecule has 0 aliphatic carbocycles. The van der Waals surface area contributed by atoms with Crippen LogP contribution in [0.25, 0.3) is 0 Å². The minimum absolute atomic E-state index is 0.110. The SMILES string of the molecule is C[14C](=O)c1ccc2c(c1)C(C)(C)CCO2. The molecule has 0 fully saturated rings. The summed E-state index contributed by atoms with van der Waals surface area (Å²) < 4.78 is 5.58. The Kier molecular flexibility index (Phi) is 2.29. The van der Waals surface area contributed by atoms with Gasteiger partial charge in [0.05, 0.1) is 6.61 Å². The summed E-state index contributed by atoms with van der Waals surface area (Å²) in [6.45, 7) is 6.74. The summed E-state index contributed by atoms with van der Waals surface area (Å²) in [7, 11) is 0. The number of ether oxygens (including phenoxy) is 1. The zero-order valence-corrected chi connectivity index (χ0v) is 9.46. The summed E-state index contributed by atoms with van der Waals surface area (Å²) in [5.74, 6) is 1.04. The van der Waals surface area contributed by atoms with Crippen molar-refractivity contribution in [2.45, 2.75) is 32.6 Å². The first-order valence-corrected chi connectivity index (χ1v) is 5.29.